The van der Waals surface area contributed by atoms with Crippen LogP contribution in [0.25, 0.3) is 0 Å². The zero-order valence-corrected chi connectivity index (χ0v) is 10.6. The third kappa shape index (κ3) is 3.84. The van der Waals surface area contributed by atoms with Gasteiger partial charge >= 0.3 is 0 Å². The number of rotatable bonds is 5. The van der Waals surface area contributed by atoms with E-state index in [1.54, 1.807) is 12.1 Å². The molecule has 0 fully saturated rings. The van der Waals surface area contributed by atoms with Gasteiger partial charge in [0.05, 0.1) is 6.61 Å². The van der Waals surface area contributed by atoms with Gasteiger partial charge in [0.25, 0.3) is 0 Å². The summed E-state index contributed by atoms with van der Waals surface area (Å²) in [6.07, 6.45) is 0.950. The van der Waals surface area contributed by atoms with Gasteiger partial charge in [-0.05, 0) is 36.0 Å². The summed E-state index contributed by atoms with van der Waals surface area (Å²) in [6.45, 7) is 8.93. The molecule has 16 heavy (non-hydrogen) atoms. The molecular formula is C14H21FO. The minimum absolute atomic E-state index is 0.255. The Hall–Kier alpha value is -1.05. The van der Waals surface area contributed by atoms with Gasteiger partial charge in [-0.2, -0.15) is 0 Å². The number of hydrogen-bond donors (Lipinski definition) is 0. The second kappa shape index (κ2) is 5.88. The van der Waals surface area contributed by atoms with Gasteiger partial charge in [0.15, 0.2) is 11.6 Å². The van der Waals surface area contributed by atoms with Crippen molar-refractivity contribution in [3.8, 4) is 5.75 Å². The van der Waals surface area contributed by atoms with Crippen molar-refractivity contribution in [2.45, 2.75) is 40.0 Å². The van der Waals surface area contributed by atoms with Gasteiger partial charge in [0.1, 0.15) is 0 Å². The highest BCUT2D eigenvalue weighted by Gasteiger charge is 2.07. The summed E-state index contributed by atoms with van der Waals surface area (Å²) in [5, 5.41) is 0. The van der Waals surface area contributed by atoms with Crippen LogP contribution in [0.15, 0.2) is 18.2 Å². The van der Waals surface area contributed by atoms with E-state index in [9.17, 15) is 4.39 Å². The molecule has 0 aromatic heterocycles. The Morgan fingerprint density at radius 3 is 2.38 bits per heavy atom. The van der Waals surface area contributed by atoms with E-state index in [1.807, 2.05) is 19.9 Å². The van der Waals surface area contributed by atoms with Crippen molar-refractivity contribution in [3.05, 3.63) is 29.6 Å². The topological polar surface area (TPSA) is 9.23 Å². The minimum atomic E-state index is -0.255. The smallest absolute Gasteiger partial charge is 0.165 e. The van der Waals surface area contributed by atoms with Crippen LogP contribution < -0.4 is 4.74 Å². The maximum absolute atomic E-state index is 13.6. The normalized spacial score (nSPS) is 11.2. The summed E-state index contributed by atoms with van der Waals surface area (Å²) in [6, 6.07) is 5.22. The molecular weight excluding hydrogens is 203 g/mol. The van der Waals surface area contributed by atoms with Crippen LogP contribution in [0.2, 0.25) is 0 Å². The lowest BCUT2D eigenvalue weighted by atomic mass is 10.0. The summed E-state index contributed by atoms with van der Waals surface area (Å²) in [5.74, 6) is 1.04. The summed E-state index contributed by atoms with van der Waals surface area (Å²) < 4.78 is 19.0. The van der Waals surface area contributed by atoms with Gasteiger partial charge in [-0.15, -0.1) is 0 Å². The van der Waals surface area contributed by atoms with Gasteiger partial charge in [-0.1, -0.05) is 33.8 Å². The molecule has 0 amide bonds. The summed E-state index contributed by atoms with van der Waals surface area (Å²) in [7, 11) is 0. The number of hydrogen-bond acceptors (Lipinski definition) is 1. The van der Waals surface area contributed by atoms with Crippen LogP contribution >= 0.6 is 0 Å². The fourth-order valence-electron chi connectivity index (χ4n) is 1.40. The first kappa shape index (κ1) is 13.0. The van der Waals surface area contributed by atoms with Crippen LogP contribution in [-0.2, 0) is 0 Å². The van der Waals surface area contributed by atoms with Crippen molar-refractivity contribution in [2.24, 2.45) is 5.92 Å². The average Bonchev–Trinajstić information content (AvgIpc) is 2.19. The highest BCUT2D eigenvalue weighted by Crippen LogP contribution is 2.23. The lowest BCUT2D eigenvalue weighted by Crippen LogP contribution is -2.03. The average molecular weight is 224 g/mol. The van der Waals surface area contributed by atoms with Crippen LogP contribution in [0.3, 0.4) is 0 Å². The molecule has 2 heteroatoms. The summed E-state index contributed by atoms with van der Waals surface area (Å²) in [4.78, 5) is 0. The molecule has 0 bridgehead atoms. The standard InChI is InChI=1S/C14H21FO/c1-10(2)7-8-16-14-6-5-12(11(3)4)9-13(14)15/h5-6,9-11H,7-8H2,1-4H3. The van der Waals surface area contributed by atoms with E-state index in [0.29, 0.717) is 24.2 Å². The van der Waals surface area contributed by atoms with Gasteiger partial charge in [0.2, 0.25) is 0 Å². The Morgan fingerprint density at radius 1 is 1.19 bits per heavy atom. The van der Waals surface area contributed by atoms with Crippen molar-refractivity contribution < 1.29 is 9.13 Å². The van der Waals surface area contributed by atoms with Crippen molar-refractivity contribution in [2.75, 3.05) is 6.61 Å². The van der Waals surface area contributed by atoms with Gasteiger partial charge in [-0.3, -0.25) is 0 Å². The lowest BCUT2D eigenvalue weighted by Gasteiger charge is -2.11. The number of ether oxygens (including phenoxy) is 1. The van der Waals surface area contributed by atoms with Crippen molar-refractivity contribution >= 4 is 0 Å². The molecule has 1 nitrogen and oxygen atoms in total. The molecule has 90 valence electrons. The highest BCUT2D eigenvalue weighted by molar-refractivity contribution is 5.30. The zero-order valence-electron chi connectivity index (χ0n) is 10.6. The van der Waals surface area contributed by atoms with Crippen LogP contribution in [0.4, 0.5) is 4.39 Å². The molecule has 0 aliphatic heterocycles. The Bertz CT molecular complexity index is 332. The van der Waals surface area contributed by atoms with E-state index in [2.05, 4.69) is 13.8 Å². The first-order valence-electron chi connectivity index (χ1n) is 5.93. The predicted octanol–water partition coefficient (Wildman–Crippen LogP) is 4.37. The zero-order chi connectivity index (χ0) is 12.1. The van der Waals surface area contributed by atoms with E-state index < -0.39 is 0 Å². The fourth-order valence-corrected chi connectivity index (χ4v) is 1.40. The van der Waals surface area contributed by atoms with Crippen molar-refractivity contribution in [1.82, 2.24) is 0 Å². The number of benzene rings is 1. The Kier molecular flexibility index (Phi) is 4.78. The van der Waals surface area contributed by atoms with E-state index in [-0.39, 0.29) is 5.82 Å². The molecule has 0 unspecified atom stereocenters. The molecule has 0 saturated carbocycles. The van der Waals surface area contributed by atoms with Crippen LogP contribution in [0.5, 0.6) is 5.75 Å². The Morgan fingerprint density at radius 2 is 1.88 bits per heavy atom. The van der Waals surface area contributed by atoms with E-state index >= 15 is 0 Å². The van der Waals surface area contributed by atoms with E-state index in [1.165, 1.54) is 0 Å². The molecule has 0 atom stereocenters. The third-order valence-corrected chi connectivity index (χ3v) is 2.58. The maximum atomic E-state index is 13.6. The van der Waals surface area contributed by atoms with E-state index in [0.717, 1.165) is 12.0 Å². The van der Waals surface area contributed by atoms with Crippen LogP contribution in [-0.4, -0.2) is 6.61 Å². The minimum Gasteiger partial charge on any atom is -0.491 e. The molecule has 0 saturated heterocycles. The van der Waals surface area contributed by atoms with Gasteiger partial charge < -0.3 is 4.74 Å². The Balaban J connectivity index is 2.61. The molecule has 0 aliphatic rings. The largest absolute Gasteiger partial charge is 0.491 e. The Labute approximate surface area is 97.6 Å². The van der Waals surface area contributed by atoms with E-state index in [4.69, 9.17) is 4.74 Å². The molecule has 1 rings (SSSR count). The van der Waals surface area contributed by atoms with Gasteiger partial charge in [-0.25, -0.2) is 4.39 Å². The van der Waals surface area contributed by atoms with Crippen LogP contribution in [0.1, 0.15) is 45.6 Å². The molecule has 0 radical (unpaired) electrons. The monoisotopic (exact) mass is 224 g/mol. The number of halogens is 1. The molecule has 0 aliphatic carbocycles. The first-order valence-corrected chi connectivity index (χ1v) is 5.93. The SMILES string of the molecule is CC(C)CCOc1ccc(C(C)C)cc1F. The summed E-state index contributed by atoms with van der Waals surface area (Å²) >= 11 is 0. The molecule has 1 aromatic rings. The van der Waals surface area contributed by atoms with Crippen molar-refractivity contribution in [3.63, 3.8) is 0 Å². The molecule has 0 N–H and O–H groups in total. The second-order valence-electron chi connectivity index (χ2n) is 4.88. The highest BCUT2D eigenvalue weighted by atomic mass is 19.1. The predicted molar refractivity (Wildman–Crippen MR) is 65.4 cm³/mol. The first-order chi connectivity index (χ1) is 7.50. The molecule has 0 spiro atoms. The fraction of sp³-hybridized carbons (Fsp3) is 0.571. The lowest BCUT2D eigenvalue weighted by molar-refractivity contribution is 0.276. The quantitative estimate of drug-likeness (QED) is 0.721. The van der Waals surface area contributed by atoms with Crippen molar-refractivity contribution in [1.29, 1.82) is 0 Å². The van der Waals surface area contributed by atoms with Crippen LogP contribution in [0, 0.1) is 11.7 Å². The van der Waals surface area contributed by atoms with Gasteiger partial charge in [0, 0.05) is 0 Å². The second-order valence-corrected chi connectivity index (χ2v) is 4.88. The summed E-state index contributed by atoms with van der Waals surface area (Å²) in [5.41, 5.74) is 1.01. The molecule has 0 heterocycles. The molecule has 1 aromatic carbocycles. The third-order valence-electron chi connectivity index (χ3n) is 2.58. The maximum Gasteiger partial charge on any atom is 0.165 e.